The van der Waals surface area contributed by atoms with Gasteiger partial charge < -0.3 is 10.1 Å². The van der Waals surface area contributed by atoms with Crippen molar-refractivity contribution in [1.29, 1.82) is 5.26 Å². The van der Waals surface area contributed by atoms with E-state index in [4.69, 9.17) is 5.26 Å². The average molecular weight is 280 g/mol. The Morgan fingerprint density at radius 2 is 1.95 bits per heavy atom. The zero-order valence-corrected chi connectivity index (χ0v) is 10.7. The maximum absolute atomic E-state index is 13.4. The largest absolute Gasteiger partial charge is 0.508 e. The standard InChI is InChI=1S/C16H9FN2O2/c17-15-4-1-9(5-10(15)7-18)14-8-19-16(21)12-3-2-11(20)6-13(12)14/h1-6,8,20H,(H,19,21). The summed E-state index contributed by atoms with van der Waals surface area (Å²) in [6.45, 7) is 0. The van der Waals surface area contributed by atoms with Crippen LogP contribution in [0.3, 0.4) is 0 Å². The van der Waals surface area contributed by atoms with Crippen LogP contribution in [0.1, 0.15) is 5.56 Å². The fourth-order valence-electron chi connectivity index (χ4n) is 2.26. The first-order valence-electron chi connectivity index (χ1n) is 6.14. The lowest BCUT2D eigenvalue weighted by molar-refractivity contribution is 0.476. The first-order chi connectivity index (χ1) is 10.1. The van der Waals surface area contributed by atoms with Crippen molar-refractivity contribution in [2.75, 3.05) is 0 Å². The molecule has 3 rings (SSSR count). The second-order valence-corrected chi connectivity index (χ2v) is 4.57. The van der Waals surface area contributed by atoms with Crippen molar-refractivity contribution in [2.45, 2.75) is 0 Å². The summed E-state index contributed by atoms with van der Waals surface area (Å²) in [5.74, 6) is -0.574. The Bertz CT molecular complexity index is 955. The monoisotopic (exact) mass is 280 g/mol. The van der Waals surface area contributed by atoms with Gasteiger partial charge in [-0.3, -0.25) is 4.79 Å². The molecule has 0 radical (unpaired) electrons. The van der Waals surface area contributed by atoms with Gasteiger partial charge in [0.25, 0.3) is 5.56 Å². The number of fused-ring (bicyclic) bond motifs is 1. The lowest BCUT2D eigenvalue weighted by Crippen LogP contribution is -2.05. The number of hydrogen-bond donors (Lipinski definition) is 2. The van der Waals surface area contributed by atoms with Crippen LogP contribution >= 0.6 is 0 Å². The molecule has 0 aliphatic rings. The summed E-state index contributed by atoms with van der Waals surface area (Å²) in [4.78, 5) is 14.4. The first-order valence-corrected chi connectivity index (χ1v) is 6.14. The smallest absolute Gasteiger partial charge is 0.255 e. The fraction of sp³-hybridized carbons (Fsp3) is 0. The number of aromatic hydroxyl groups is 1. The van der Waals surface area contributed by atoms with Gasteiger partial charge in [-0.1, -0.05) is 6.07 Å². The molecule has 102 valence electrons. The van der Waals surface area contributed by atoms with Gasteiger partial charge in [-0.2, -0.15) is 5.26 Å². The van der Waals surface area contributed by atoms with Crippen LogP contribution in [0, 0.1) is 17.1 Å². The molecule has 1 aromatic heterocycles. The van der Waals surface area contributed by atoms with E-state index in [1.165, 1.54) is 42.6 Å². The molecule has 0 bridgehead atoms. The Kier molecular flexibility index (Phi) is 2.92. The van der Waals surface area contributed by atoms with E-state index in [0.717, 1.165) is 0 Å². The molecule has 0 amide bonds. The molecule has 0 unspecified atom stereocenters. The van der Waals surface area contributed by atoms with Gasteiger partial charge in [-0.25, -0.2) is 4.39 Å². The van der Waals surface area contributed by atoms with Crippen molar-refractivity contribution in [2.24, 2.45) is 0 Å². The zero-order valence-electron chi connectivity index (χ0n) is 10.7. The maximum Gasteiger partial charge on any atom is 0.255 e. The number of halogens is 1. The molecule has 2 aromatic carbocycles. The van der Waals surface area contributed by atoms with E-state index in [2.05, 4.69) is 4.98 Å². The van der Waals surface area contributed by atoms with Gasteiger partial charge in [0.05, 0.1) is 5.56 Å². The molecule has 4 nitrogen and oxygen atoms in total. The molecular formula is C16H9FN2O2. The third kappa shape index (κ3) is 2.13. The Morgan fingerprint density at radius 3 is 2.71 bits per heavy atom. The molecule has 0 aliphatic heterocycles. The molecule has 21 heavy (non-hydrogen) atoms. The molecule has 0 saturated carbocycles. The fourth-order valence-corrected chi connectivity index (χ4v) is 2.26. The summed E-state index contributed by atoms with van der Waals surface area (Å²) in [6, 6.07) is 10.3. The SMILES string of the molecule is N#Cc1cc(-c2c[nH]c(=O)c3ccc(O)cc23)ccc1F. The van der Waals surface area contributed by atoms with Gasteiger partial charge in [-0.15, -0.1) is 0 Å². The van der Waals surface area contributed by atoms with Gasteiger partial charge in [-0.05, 0) is 35.9 Å². The Balaban J connectivity index is 2.36. The van der Waals surface area contributed by atoms with Crippen molar-refractivity contribution in [1.82, 2.24) is 4.98 Å². The molecule has 0 aliphatic carbocycles. The first kappa shape index (κ1) is 12.9. The van der Waals surface area contributed by atoms with Gasteiger partial charge in [0.1, 0.15) is 17.6 Å². The summed E-state index contributed by atoms with van der Waals surface area (Å²) < 4.78 is 13.4. The minimum Gasteiger partial charge on any atom is -0.508 e. The number of aromatic nitrogens is 1. The zero-order chi connectivity index (χ0) is 15.0. The lowest BCUT2D eigenvalue weighted by Gasteiger charge is -2.07. The number of rotatable bonds is 1. The highest BCUT2D eigenvalue weighted by Gasteiger charge is 2.10. The number of nitriles is 1. The molecule has 0 saturated heterocycles. The Morgan fingerprint density at radius 1 is 1.14 bits per heavy atom. The van der Waals surface area contributed by atoms with Gasteiger partial charge in [0.15, 0.2) is 0 Å². The van der Waals surface area contributed by atoms with E-state index in [0.29, 0.717) is 21.9 Å². The summed E-state index contributed by atoms with van der Waals surface area (Å²) in [5, 5.41) is 19.5. The predicted octanol–water partition coefficient (Wildman–Crippen LogP) is 2.91. The van der Waals surface area contributed by atoms with Crippen molar-refractivity contribution >= 4 is 10.8 Å². The highest BCUT2D eigenvalue weighted by molar-refractivity contribution is 5.96. The number of nitrogens with one attached hydrogen (secondary N) is 1. The molecule has 0 fully saturated rings. The van der Waals surface area contributed by atoms with Crippen molar-refractivity contribution < 1.29 is 9.50 Å². The molecule has 3 aromatic rings. The minimum atomic E-state index is -0.599. The number of phenols is 1. The van der Waals surface area contributed by atoms with Crippen LogP contribution in [0.4, 0.5) is 4.39 Å². The van der Waals surface area contributed by atoms with Crippen LogP contribution in [0.25, 0.3) is 21.9 Å². The quantitative estimate of drug-likeness (QED) is 0.719. The van der Waals surface area contributed by atoms with E-state index in [-0.39, 0.29) is 16.9 Å². The van der Waals surface area contributed by atoms with Crippen molar-refractivity contribution in [3.05, 3.63) is 64.3 Å². The van der Waals surface area contributed by atoms with Crippen molar-refractivity contribution in [3.63, 3.8) is 0 Å². The molecule has 0 spiro atoms. The topological polar surface area (TPSA) is 76.9 Å². The summed E-state index contributed by atoms with van der Waals surface area (Å²) in [7, 11) is 0. The van der Waals surface area contributed by atoms with Crippen molar-refractivity contribution in [3.8, 4) is 22.9 Å². The Labute approximate surface area is 118 Å². The third-order valence-electron chi connectivity index (χ3n) is 3.28. The number of nitrogens with zero attached hydrogens (tertiary/aromatic N) is 1. The van der Waals surface area contributed by atoms with Gasteiger partial charge in [0, 0.05) is 22.5 Å². The summed E-state index contributed by atoms with van der Waals surface area (Å²) >= 11 is 0. The number of pyridine rings is 1. The lowest BCUT2D eigenvalue weighted by atomic mass is 9.99. The highest BCUT2D eigenvalue weighted by atomic mass is 19.1. The van der Waals surface area contributed by atoms with Crippen LogP contribution in [-0.4, -0.2) is 10.1 Å². The van der Waals surface area contributed by atoms with Gasteiger partial charge in [0.2, 0.25) is 0 Å². The Hall–Kier alpha value is -3.13. The van der Waals surface area contributed by atoms with Crippen LogP contribution in [0.15, 0.2) is 47.4 Å². The second-order valence-electron chi connectivity index (χ2n) is 4.57. The van der Waals surface area contributed by atoms with E-state index in [9.17, 15) is 14.3 Å². The van der Waals surface area contributed by atoms with Crippen LogP contribution < -0.4 is 5.56 Å². The predicted molar refractivity (Wildman–Crippen MR) is 76.3 cm³/mol. The normalized spacial score (nSPS) is 10.5. The average Bonchev–Trinajstić information content (AvgIpc) is 2.48. The molecule has 0 atom stereocenters. The van der Waals surface area contributed by atoms with Crippen LogP contribution in [0.2, 0.25) is 0 Å². The van der Waals surface area contributed by atoms with E-state index >= 15 is 0 Å². The number of hydrogen-bond acceptors (Lipinski definition) is 3. The third-order valence-corrected chi connectivity index (χ3v) is 3.28. The molecular weight excluding hydrogens is 271 g/mol. The highest BCUT2D eigenvalue weighted by Crippen LogP contribution is 2.29. The summed E-state index contributed by atoms with van der Waals surface area (Å²) in [6.07, 6.45) is 1.48. The molecule has 1 heterocycles. The second kappa shape index (κ2) is 4.76. The number of phenolic OH excluding ortho intramolecular Hbond substituents is 1. The minimum absolute atomic E-state index is 0.0250. The van der Waals surface area contributed by atoms with E-state index < -0.39 is 5.82 Å². The van der Waals surface area contributed by atoms with Crippen LogP contribution in [-0.2, 0) is 0 Å². The van der Waals surface area contributed by atoms with Crippen LogP contribution in [0.5, 0.6) is 5.75 Å². The number of benzene rings is 2. The molecule has 2 N–H and O–H groups in total. The van der Waals surface area contributed by atoms with E-state index in [1.54, 1.807) is 6.07 Å². The number of aromatic amines is 1. The van der Waals surface area contributed by atoms with Gasteiger partial charge >= 0.3 is 0 Å². The van der Waals surface area contributed by atoms with E-state index in [1.807, 2.05) is 0 Å². The maximum atomic E-state index is 13.4. The summed E-state index contributed by atoms with van der Waals surface area (Å²) in [5.41, 5.74) is 0.833. The molecule has 5 heteroatoms. The number of H-pyrrole nitrogens is 1.